The molecule has 6 heteroatoms. The summed E-state index contributed by atoms with van der Waals surface area (Å²) in [5.41, 5.74) is 0.0509. The van der Waals surface area contributed by atoms with Crippen molar-refractivity contribution in [1.82, 2.24) is 14.5 Å². The Balaban J connectivity index is 2.10. The largest absolute Gasteiger partial charge is 0.330 e. The fourth-order valence-corrected chi connectivity index (χ4v) is 2.41. The zero-order valence-electron chi connectivity index (χ0n) is 10.3. The van der Waals surface area contributed by atoms with Crippen LogP contribution in [0.5, 0.6) is 0 Å². The van der Waals surface area contributed by atoms with E-state index < -0.39 is 0 Å². The van der Waals surface area contributed by atoms with Crippen LogP contribution in [0.2, 0.25) is 0 Å². The molecule has 0 radical (unpaired) electrons. The summed E-state index contributed by atoms with van der Waals surface area (Å²) in [5.74, 6) is 0. The zero-order valence-corrected chi connectivity index (χ0v) is 11.2. The molecule has 0 atom stereocenters. The van der Waals surface area contributed by atoms with Gasteiger partial charge in [-0.05, 0) is 11.4 Å². The molecule has 0 spiro atoms. The van der Waals surface area contributed by atoms with Crippen LogP contribution in [0.15, 0.2) is 33.3 Å². The van der Waals surface area contributed by atoms with Crippen molar-refractivity contribution in [3.63, 3.8) is 0 Å². The lowest BCUT2D eigenvalue weighted by molar-refractivity contribution is 0.633. The van der Waals surface area contributed by atoms with Crippen LogP contribution < -0.4 is 16.6 Å². The van der Waals surface area contributed by atoms with Crippen LogP contribution >= 0.6 is 11.3 Å². The van der Waals surface area contributed by atoms with E-state index >= 15 is 0 Å². The average molecular weight is 265 g/mol. The van der Waals surface area contributed by atoms with Crippen molar-refractivity contribution in [1.29, 1.82) is 0 Å². The second-order valence-corrected chi connectivity index (χ2v) is 5.13. The molecule has 0 aliphatic carbocycles. The average Bonchev–Trinajstić information content (AvgIpc) is 2.86. The number of thiophene rings is 1. The highest BCUT2D eigenvalue weighted by Crippen LogP contribution is 2.07. The molecular formula is C12H15N3O2S. The van der Waals surface area contributed by atoms with Crippen LogP contribution in [-0.2, 0) is 27.2 Å². The van der Waals surface area contributed by atoms with Gasteiger partial charge in [-0.15, -0.1) is 11.3 Å². The molecule has 2 aromatic heterocycles. The van der Waals surface area contributed by atoms with Gasteiger partial charge in [0.15, 0.2) is 0 Å². The van der Waals surface area contributed by atoms with E-state index in [0.717, 1.165) is 11.1 Å². The zero-order chi connectivity index (χ0) is 13.1. The molecule has 0 saturated heterocycles. The maximum Gasteiger partial charge on any atom is 0.330 e. The predicted octanol–water partition coefficient (Wildman–Crippen LogP) is 0.435. The van der Waals surface area contributed by atoms with Crippen molar-refractivity contribution < 1.29 is 0 Å². The van der Waals surface area contributed by atoms with Crippen molar-refractivity contribution in [3.05, 3.63) is 55.0 Å². The summed E-state index contributed by atoms with van der Waals surface area (Å²) in [6.07, 6.45) is 1.59. The summed E-state index contributed by atoms with van der Waals surface area (Å²) in [4.78, 5) is 24.6. The number of hydrogen-bond donors (Lipinski definition) is 1. The molecule has 0 saturated carbocycles. The van der Waals surface area contributed by atoms with Gasteiger partial charge >= 0.3 is 5.69 Å². The first-order valence-electron chi connectivity index (χ1n) is 5.58. The Morgan fingerprint density at radius 1 is 1.28 bits per heavy atom. The van der Waals surface area contributed by atoms with E-state index in [4.69, 9.17) is 0 Å². The van der Waals surface area contributed by atoms with Crippen LogP contribution in [-0.4, -0.2) is 9.13 Å². The highest BCUT2D eigenvalue weighted by atomic mass is 32.1. The van der Waals surface area contributed by atoms with E-state index in [2.05, 4.69) is 5.32 Å². The maximum absolute atomic E-state index is 11.8. The van der Waals surface area contributed by atoms with Crippen molar-refractivity contribution in [3.8, 4) is 0 Å². The third-order valence-corrected chi connectivity index (χ3v) is 3.59. The second kappa shape index (κ2) is 5.32. The summed E-state index contributed by atoms with van der Waals surface area (Å²) < 4.78 is 2.55. The summed E-state index contributed by atoms with van der Waals surface area (Å²) in [6.45, 7) is 1.18. The Kier molecular flexibility index (Phi) is 3.78. The smallest absolute Gasteiger partial charge is 0.308 e. The molecular weight excluding hydrogens is 250 g/mol. The molecule has 5 nitrogen and oxygen atoms in total. The minimum Gasteiger partial charge on any atom is -0.308 e. The van der Waals surface area contributed by atoms with E-state index in [1.54, 1.807) is 24.6 Å². The minimum absolute atomic E-state index is 0.239. The van der Waals surface area contributed by atoms with Gasteiger partial charge in [0, 0.05) is 43.8 Å². The van der Waals surface area contributed by atoms with Crippen LogP contribution in [0.3, 0.4) is 0 Å². The third-order valence-electron chi connectivity index (χ3n) is 2.71. The van der Waals surface area contributed by atoms with Gasteiger partial charge in [-0.25, -0.2) is 4.79 Å². The van der Waals surface area contributed by atoms with Crippen LogP contribution in [0.25, 0.3) is 0 Å². The lowest BCUT2D eigenvalue weighted by Gasteiger charge is -2.07. The molecule has 0 aromatic carbocycles. The van der Waals surface area contributed by atoms with Crippen molar-refractivity contribution in [2.24, 2.45) is 14.1 Å². The summed E-state index contributed by atoms with van der Waals surface area (Å²) in [6, 6.07) is 4.03. The summed E-state index contributed by atoms with van der Waals surface area (Å²) in [7, 11) is 3.14. The molecule has 2 rings (SSSR count). The Hall–Kier alpha value is -1.66. The van der Waals surface area contributed by atoms with Gasteiger partial charge in [0.05, 0.1) is 0 Å². The molecule has 0 aliphatic rings. The Labute approximate surface area is 108 Å². The van der Waals surface area contributed by atoms with Crippen LogP contribution in [0.1, 0.15) is 10.4 Å². The number of nitrogens with one attached hydrogen (secondary N) is 1. The number of rotatable bonds is 4. The molecule has 1 N–H and O–H groups in total. The highest BCUT2D eigenvalue weighted by molar-refractivity contribution is 7.09. The van der Waals surface area contributed by atoms with Crippen molar-refractivity contribution >= 4 is 11.3 Å². The summed E-state index contributed by atoms with van der Waals surface area (Å²) in [5, 5.41) is 5.22. The molecule has 0 aliphatic heterocycles. The summed E-state index contributed by atoms with van der Waals surface area (Å²) >= 11 is 1.67. The monoisotopic (exact) mass is 265 g/mol. The normalized spacial score (nSPS) is 10.8. The highest BCUT2D eigenvalue weighted by Gasteiger charge is 2.06. The lowest BCUT2D eigenvalue weighted by atomic mass is 10.3. The molecule has 0 bridgehead atoms. The van der Waals surface area contributed by atoms with Crippen molar-refractivity contribution in [2.75, 3.05) is 0 Å². The van der Waals surface area contributed by atoms with E-state index in [1.807, 2.05) is 17.5 Å². The van der Waals surface area contributed by atoms with Gasteiger partial charge in [0.2, 0.25) is 0 Å². The number of nitrogens with zero attached hydrogens (tertiary/aromatic N) is 2. The standard InChI is InChI=1S/C12H15N3O2S/c1-14-8-9(11(16)15(2)12(14)17)6-13-7-10-4-3-5-18-10/h3-5,8,13H,6-7H2,1-2H3. The molecule has 2 heterocycles. The fourth-order valence-electron chi connectivity index (χ4n) is 1.74. The van der Waals surface area contributed by atoms with E-state index in [9.17, 15) is 9.59 Å². The maximum atomic E-state index is 11.8. The lowest BCUT2D eigenvalue weighted by Crippen LogP contribution is -2.39. The van der Waals surface area contributed by atoms with E-state index in [1.165, 1.54) is 16.5 Å². The van der Waals surface area contributed by atoms with E-state index in [0.29, 0.717) is 12.1 Å². The number of aryl methyl sites for hydroxylation is 1. The Morgan fingerprint density at radius 2 is 2.06 bits per heavy atom. The van der Waals surface area contributed by atoms with Gasteiger partial charge in [-0.2, -0.15) is 0 Å². The second-order valence-electron chi connectivity index (χ2n) is 4.09. The molecule has 18 heavy (non-hydrogen) atoms. The predicted molar refractivity (Wildman–Crippen MR) is 71.8 cm³/mol. The van der Waals surface area contributed by atoms with Gasteiger partial charge in [-0.1, -0.05) is 6.07 Å². The van der Waals surface area contributed by atoms with Gasteiger partial charge in [-0.3, -0.25) is 9.36 Å². The van der Waals surface area contributed by atoms with Gasteiger partial charge in [0.1, 0.15) is 0 Å². The van der Waals surface area contributed by atoms with Crippen LogP contribution in [0, 0.1) is 0 Å². The Morgan fingerprint density at radius 3 is 2.72 bits per heavy atom. The first-order valence-corrected chi connectivity index (χ1v) is 6.46. The molecule has 0 amide bonds. The van der Waals surface area contributed by atoms with Crippen molar-refractivity contribution in [2.45, 2.75) is 13.1 Å². The molecule has 0 fully saturated rings. The number of hydrogen-bond acceptors (Lipinski definition) is 4. The first-order chi connectivity index (χ1) is 8.59. The number of aromatic nitrogens is 2. The molecule has 2 aromatic rings. The van der Waals surface area contributed by atoms with Gasteiger partial charge in [0.25, 0.3) is 5.56 Å². The topological polar surface area (TPSA) is 56.0 Å². The van der Waals surface area contributed by atoms with Gasteiger partial charge < -0.3 is 9.88 Å². The quantitative estimate of drug-likeness (QED) is 0.872. The Bertz CT molecular complexity index is 640. The minimum atomic E-state index is -0.304. The molecule has 0 unspecified atom stereocenters. The third kappa shape index (κ3) is 2.60. The first kappa shape index (κ1) is 12.8. The molecule has 96 valence electrons. The fraction of sp³-hybridized carbons (Fsp3) is 0.333. The SMILES string of the molecule is Cn1cc(CNCc2cccs2)c(=O)n(C)c1=O. The van der Waals surface area contributed by atoms with E-state index in [-0.39, 0.29) is 11.2 Å². The van der Waals surface area contributed by atoms with Crippen LogP contribution in [0.4, 0.5) is 0 Å².